The van der Waals surface area contributed by atoms with Crippen molar-refractivity contribution in [2.75, 3.05) is 5.75 Å². The van der Waals surface area contributed by atoms with Gasteiger partial charge in [-0.3, -0.25) is 14.6 Å². The molecule has 0 unspecified atom stereocenters. The lowest BCUT2D eigenvalue weighted by molar-refractivity contribution is 0.102. The number of aromatic amines is 2. The highest BCUT2D eigenvalue weighted by atomic mass is 32.2. The molecule has 6 nitrogen and oxygen atoms in total. The summed E-state index contributed by atoms with van der Waals surface area (Å²) in [5.41, 5.74) is 2.15. The minimum absolute atomic E-state index is 0.00947. The normalized spacial score (nSPS) is 10.9. The number of rotatable bonds is 4. The molecule has 0 fully saturated rings. The Morgan fingerprint density at radius 2 is 2.05 bits per heavy atom. The number of imidazole rings is 1. The zero-order valence-electron chi connectivity index (χ0n) is 11.2. The molecule has 2 heterocycles. The van der Waals surface area contributed by atoms with Crippen molar-refractivity contribution in [3.05, 3.63) is 52.1 Å². The van der Waals surface area contributed by atoms with Crippen LogP contribution in [-0.2, 0) is 0 Å². The molecule has 0 amide bonds. The van der Waals surface area contributed by atoms with Crippen molar-refractivity contribution >= 4 is 28.7 Å². The van der Waals surface area contributed by atoms with Gasteiger partial charge in [0.2, 0.25) is 0 Å². The van der Waals surface area contributed by atoms with Gasteiger partial charge in [-0.1, -0.05) is 41.6 Å². The molecule has 0 saturated heterocycles. The Morgan fingerprint density at radius 3 is 2.81 bits per heavy atom. The van der Waals surface area contributed by atoms with Crippen LogP contribution in [0.5, 0.6) is 0 Å². The first-order chi connectivity index (χ1) is 10.1. The number of aryl methyl sites for hydroxylation is 1. The van der Waals surface area contributed by atoms with E-state index in [2.05, 4.69) is 19.9 Å². The number of fused-ring (bicyclic) bond motifs is 1. The summed E-state index contributed by atoms with van der Waals surface area (Å²) in [5, 5.41) is 0.389. The highest BCUT2D eigenvalue weighted by molar-refractivity contribution is 7.99. The largest absolute Gasteiger partial charge is 0.339 e. The quantitative estimate of drug-likeness (QED) is 0.436. The fourth-order valence-corrected chi connectivity index (χ4v) is 2.60. The predicted molar refractivity (Wildman–Crippen MR) is 80.7 cm³/mol. The van der Waals surface area contributed by atoms with Crippen molar-refractivity contribution in [1.29, 1.82) is 0 Å². The average molecular weight is 300 g/mol. The number of nitrogens with one attached hydrogen (secondary N) is 2. The summed E-state index contributed by atoms with van der Waals surface area (Å²) in [6.45, 7) is 1.97. The summed E-state index contributed by atoms with van der Waals surface area (Å²) in [6, 6.07) is 7.39. The number of benzene rings is 1. The van der Waals surface area contributed by atoms with Gasteiger partial charge >= 0.3 is 0 Å². The second-order valence-electron chi connectivity index (χ2n) is 4.55. The van der Waals surface area contributed by atoms with E-state index in [0.717, 1.165) is 5.56 Å². The number of aromatic nitrogens is 4. The number of H-pyrrole nitrogens is 2. The van der Waals surface area contributed by atoms with Crippen molar-refractivity contribution < 1.29 is 4.79 Å². The van der Waals surface area contributed by atoms with Crippen LogP contribution in [0.2, 0.25) is 0 Å². The topological polar surface area (TPSA) is 91.5 Å². The number of ketones is 1. The highest BCUT2D eigenvalue weighted by Gasteiger charge is 2.10. The van der Waals surface area contributed by atoms with E-state index in [1.165, 1.54) is 18.1 Å². The zero-order chi connectivity index (χ0) is 14.8. The Kier molecular flexibility index (Phi) is 3.57. The second-order valence-corrected chi connectivity index (χ2v) is 5.51. The van der Waals surface area contributed by atoms with Crippen LogP contribution in [-0.4, -0.2) is 31.5 Å². The number of Topliss-reactive ketones (excluding diaryl/α,β-unsaturated/α-hetero) is 1. The molecule has 2 N–H and O–H groups in total. The maximum atomic E-state index is 12.1. The molecule has 0 spiro atoms. The van der Waals surface area contributed by atoms with Gasteiger partial charge < -0.3 is 4.98 Å². The van der Waals surface area contributed by atoms with E-state index in [9.17, 15) is 9.59 Å². The number of thioether (sulfide) groups is 1. The van der Waals surface area contributed by atoms with Gasteiger partial charge in [0.05, 0.1) is 12.1 Å². The van der Waals surface area contributed by atoms with E-state index in [1.807, 2.05) is 19.1 Å². The van der Waals surface area contributed by atoms with E-state index < -0.39 is 0 Å². The Balaban J connectivity index is 1.75. The van der Waals surface area contributed by atoms with Crippen LogP contribution in [0.25, 0.3) is 11.2 Å². The van der Waals surface area contributed by atoms with Gasteiger partial charge in [-0.25, -0.2) is 9.97 Å². The molecular weight excluding hydrogens is 288 g/mol. The highest BCUT2D eigenvalue weighted by Crippen LogP contribution is 2.15. The summed E-state index contributed by atoms with van der Waals surface area (Å²) in [6.07, 6.45) is 1.42. The van der Waals surface area contributed by atoms with Gasteiger partial charge in [-0.15, -0.1) is 0 Å². The van der Waals surface area contributed by atoms with Gasteiger partial charge in [0.25, 0.3) is 5.56 Å². The standard InChI is InChI=1S/C14H12N4O2S/c1-8-2-4-9(5-3-8)10(19)6-21-14-17-12-11(13(20)18-14)15-7-16-12/h2-5,7H,6H2,1H3,(H2,15,16,17,18,20). The Bertz CT molecular complexity index is 851. The molecule has 1 aromatic carbocycles. The van der Waals surface area contributed by atoms with E-state index in [-0.39, 0.29) is 17.1 Å². The summed E-state index contributed by atoms with van der Waals surface area (Å²) in [5.74, 6) is 0.201. The van der Waals surface area contributed by atoms with Crippen LogP contribution in [0.1, 0.15) is 15.9 Å². The third-order valence-corrected chi connectivity index (χ3v) is 3.86. The first kappa shape index (κ1) is 13.6. The molecule has 0 radical (unpaired) electrons. The second kappa shape index (κ2) is 5.53. The van der Waals surface area contributed by atoms with Crippen LogP contribution >= 0.6 is 11.8 Å². The molecular formula is C14H12N4O2S. The van der Waals surface area contributed by atoms with Gasteiger partial charge in [0.1, 0.15) is 0 Å². The lowest BCUT2D eigenvalue weighted by Crippen LogP contribution is -2.10. The molecule has 3 rings (SSSR count). The van der Waals surface area contributed by atoms with Crippen molar-refractivity contribution in [2.45, 2.75) is 12.1 Å². The van der Waals surface area contributed by atoms with Crippen molar-refractivity contribution in [2.24, 2.45) is 0 Å². The zero-order valence-corrected chi connectivity index (χ0v) is 12.0. The Morgan fingerprint density at radius 1 is 1.29 bits per heavy atom. The molecule has 0 aliphatic rings. The molecule has 0 bridgehead atoms. The summed E-state index contributed by atoms with van der Waals surface area (Å²) >= 11 is 1.19. The van der Waals surface area contributed by atoms with Crippen LogP contribution in [0, 0.1) is 6.92 Å². The SMILES string of the molecule is Cc1ccc(C(=O)CSc2nc3nc[nH]c3c(=O)[nH]2)cc1. The minimum Gasteiger partial charge on any atom is -0.339 e. The maximum absolute atomic E-state index is 12.1. The van der Waals surface area contributed by atoms with Crippen LogP contribution in [0.4, 0.5) is 0 Å². The van der Waals surface area contributed by atoms with E-state index in [4.69, 9.17) is 0 Å². The minimum atomic E-state index is -0.289. The third kappa shape index (κ3) is 2.87. The number of nitrogens with zero attached hydrogens (tertiary/aromatic N) is 2. The fraction of sp³-hybridized carbons (Fsp3) is 0.143. The monoisotopic (exact) mass is 300 g/mol. The van der Waals surface area contributed by atoms with E-state index in [1.54, 1.807) is 12.1 Å². The van der Waals surface area contributed by atoms with Gasteiger partial charge in [0, 0.05) is 5.56 Å². The molecule has 106 valence electrons. The molecule has 0 atom stereocenters. The fourth-order valence-electron chi connectivity index (χ4n) is 1.85. The van der Waals surface area contributed by atoms with Crippen molar-refractivity contribution in [3.63, 3.8) is 0 Å². The van der Waals surface area contributed by atoms with Gasteiger partial charge in [-0.2, -0.15) is 0 Å². The smallest absolute Gasteiger partial charge is 0.277 e. The van der Waals surface area contributed by atoms with Crippen LogP contribution in [0.15, 0.2) is 40.5 Å². The number of carbonyl (C=O) groups excluding carboxylic acids is 1. The lowest BCUT2D eigenvalue weighted by Gasteiger charge is -2.01. The first-order valence-corrected chi connectivity index (χ1v) is 7.28. The molecule has 0 saturated carbocycles. The van der Waals surface area contributed by atoms with Gasteiger partial charge in [-0.05, 0) is 6.92 Å². The Hall–Kier alpha value is -2.41. The summed E-state index contributed by atoms with van der Waals surface area (Å²) < 4.78 is 0. The van der Waals surface area contributed by atoms with Crippen molar-refractivity contribution in [1.82, 2.24) is 19.9 Å². The first-order valence-electron chi connectivity index (χ1n) is 6.29. The van der Waals surface area contributed by atoms with Crippen LogP contribution in [0.3, 0.4) is 0 Å². The molecule has 3 aromatic rings. The van der Waals surface area contributed by atoms with E-state index >= 15 is 0 Å². The third-order valence-electron chi connectivity index (χ3n) is 2.99. The number of hydrogen-bond donors (Lipinski definition) is 2. The molecule has 21 heavy (non-hydrogen) atoms. The van der Waals surface area contributed by atoms with E-state index in [0.29, 0.717) is 21.9 Å². The average Bonchev–Trinajstić information content (AvgIpc) is 2.94. The molecule has 0 aliphatic heterocycles. The lowest BCUT2D eigenvalue weighted by atomic mass is 10.1. The summed E-state index contributed by atoms with van der Waals surface area (Å²) in [7, 11) is 0. The van der Waals surface area contributed by atoms with Crippen LogP contribution < -0.4 is 5.56 Å². The van der Waals surface area contributed by atoms with Gasteiger partial charge in [0.15, 0.2) is 22.1 Å². The summed E-state index contributed by atoms with van der Waals surface area (Å²) in [4.78, 5) is 37.3. The maximum Gasteiger partial charge on any atom is 0.277 e. The van der Waals surface area contributed by atoms with Crippen molar-refractivity contribution in [3.8, 4) is 0 Å². The molecule has 2 aromatic heterocycles. The number of carbonyl (C=O) groups is 1. The molecule has 7 heteroatoms. The Labute approximate surface area is 124 Å². The number of hydrogen-bond acceptors (Lipinski definition) is 5. The predicted octanol–water partition coefficient (Wildman–Crippen LogP) is 1.93. The molecule has 0 aliphatic carbocycles.